The van der Waals surface area contributed by atoms with Crippen LogP contribution in [0.5, 0.6) is 0 Å². The lowest BCUT2D eigenvalue weighted by Crippen LogP contribution is -2.25. The van der Waals surface area contributed by atoms with Crippen molar-refractivity contribution in [2.45, 2.75) is 25.8 Å². The van der Waals surface area contributed by atoms with E-state index in [4.69, 9.17) is 5.73 Å². The second-order valence-corrected chi connectivity index (χ2v) is 3.91. The Balaban J connectivity index is 2.35. The SMILES string of the molecule is CC1CCc2cccc(NC(N)=O)c2N1. The molecule has 2 amide bonds. The summed E-state index contributed by atoms with van der Waals surface area (Å²) in [5, 5.41) is 5.99. The van der Waals surface area contributed by atoms with Crippen LogP contribution in [-0.4, -0.2) is 12.1 Å². The van der Waals surface area contributed by atoms with Gasteiger partial charge in [0, 0.05) is 6.04 Å². The van der Waals surface area contributed by atoms with Crippen molar-refractivity contribution in [2.75, 3.05) is 10.6 Å². The molecule has 15 heavy (non-hydrogen) atoms. The molecule has 0 aliphatic carbocycles. The molecule has 0 spiro atoms. The lowest BCUT2D eigenvalue weighted by Gasteiger charge is -2.26. The molecule has 0 bridgehead atoms. The molecule has 0 saturated carbocycles. The largest absolute Gasteiger partial charge is 0.381 e. The minimum atomic E-state index is -0.525. The second kappa shape index (κ2) is 3.81. The Morgan fingerprint density at radius 3 is 3.13 bits per heavy atom. The van der Waals surface area contributed by atoms with Gasteiger partial charge in [-0.05, 0) is 31.4 Å². The molecule has 1 aromatic carbocycles. The normalized spacial score (nSPS) is 18.9. The summed E-state index contributed by atoms with van der Waals surface area (Å²) in [4.78, 5) is 10.8. The molecule has 2 rings (SSSR count). The summed E-state index contributed by atoms with van der Waals surface area (Å²) in [5.74, 6) is 0. The summed E-state index contributed by atoms with van der Waals surface area (Å²) in [7, 11) is 0. The van der Waals surface area contributed by atoms with Gasteiger partial charge >= 0.3 is 6.03 Å². The van der Waals surface area contributed by atoms with Gasteiger partial charge in [-0.2, -0.15) is 0 Å². The average molecular weight is 205 g/mol. The molecule has 0 fully saturated rings. The zero-order valence-electron chi connectivity index (χ0n) is 8.71. The summed E-state index contributed by atoms with van der Waals surface area (Å²) in [6.07, 6.45) is 2.16. The van der Waals surface area contributed by atoms with Crippen LogP contribution >= 0.6 is 0 Å². The lowest BCUT2D eigenvalue weighted by atomic mass is 9.98. The van der Waals surface area contributed by atoms with Gasteiger partial charge in [-0.1, -0.05) is 12.1 Å². The Kier molecular flexibility index (Phi) is 2.49. The van der Waals surface area contributed by atoms with E-state index >= 15 is 0 Å². The number of aryl methyl sites for hydroxylation is 1. The van der Waals surface area contributed by atoms with E-state index in [0.29, 0.717) is 6.04 Å². The zero-order chi connectivity index (χ0) is 10.8. The van der Waals surface area contributed by atoms with E-state index < -0.39 is 6.03 Å². The Morgan fingerprint density at radius 1 is 1.60 bits per heavy atom. The van der Waals surface area contributed by atoms with Crippen LogP contribution in [0.3, 0.4) is 0 Å². The molecule has 1 unspecified atom stereocenters. The summed E-state index contributed by atoms with van der Waals surface area (Å²) >= 11 is 0. The highest BCUT2D eigenvalue weighted by molar-refractivity contribution is 5.92. The first kappa shape index (κ1) is 9.83. The fraction of sp³-hybridized carbons (Fsp3) is 0.364. The van der Waals surface area contributed by atoms with Crippen LogP contribution < -0.4 is 16.4 Å². The number of nitrogens with one attached hydrogen (secondary N) is 2. The molecule has 80 valence electrons. The predicted octanol–water partition coefficient (Wildman–Crippen LogP) is 1.92. The van der Waals surface area contributed by atoms with E-state index in [9.17, 15) is 4.79 Å². The minimum absolute atomic E-state index is 0.438. The maximum atomic E-state index is 10.8. The van der Waals surface area contributed by atoms with Crippen molar-refractivity contribution in [1.29, 1.82) is 0 Å². The van der Waals surface area contributed by atoms with Crippen LogP contribution in [0.25, 0.3) is 0 Å². The van der Waals surface area contributed by atoms with E-state index in [2.05, 4.69) is 23.6 Å². The molecule has 4 heteroatoms. The number of fused-ring (bicyclic) bond motifs is 1. The molecule has 1 heterocycles. The van der Waals surface area contributed by atoms with Gasteiger partial charge in [0.05, 0.1) is 11.4 Å². The number of benzene rings is 1. The first-order chi connectivity index (χ1) is 7.16. The van der Waals surface area contributed by atoms with Crippen molar-refractivity contribution in [3.63, 3.8) is 0 Å². The highest BCUT2D eigenvalue weighted by Gasteiger charge is 2.17. The maximum Gasteiger partial charge on any atom is 0.316 e. The van der Waals surface area contributed by atoms with E-state index in [-0.39, 0.29) is 0 Å². The number of amides is 2. The fourth-order valence-corrected chi connectivity index (χ4v) is 1.91. The number of primary amides is 1. The summed E-state index contributed by atoms with van der Waals surface area (Å²) in [6, 6.07) is 5.77. The van der Waals surface area contributed by atoms with Gasteiger partial charge in [0.25, 0.3) is 0 Å². The first-order valence-electron chi connectivity index (χ1n) is 5.11. The summed E-state index contributed by atoms with van der Waals surface area (Å²) in [6.45, 7) is 2.13. The molecule has 1 aromatic rings. The number of urea groups is 1. The Hall–Kier alpha value is -1.71. The molecule has 0 saturated heterocycles. The number of hydrogen-bond donors (Lipinski definition) is 3. The highest BCUT2D eigenvalue weighted by Crippen LogP contribution is 2.31. The zero-order valence-corrected chi connectivity index (χ0v) is 8.71. The lowest BCUT2D eigenvalue weighted by molar-refractivity contribution is 0.259. The molecule has 1 atom stereocenters. The van der Waals surface area contributed by atoms with Gasteiger partial charge in [0.15, 0.2) is 0 Å². The van der Waals surface area contributed by atoms with Gasteiger partial charge in [0.2, 0.25) is 0 Å². The number of carbonyl (C=O) groups excluding carboxylic acids is 1. The van der Waals surface area contributed by atoms with Gasteiger partial charge < -0.3 is 16.4 Å². The average Bonchev–Trinajstić information content (AvgIpc) is 2.18. The molecular weight excluding hydrogens is 190 g/mol. The van der Waals surface area contributed by atoms with Gasteiger partial charge in [-0.25, -0.2) is 4.79 Å². The topological polar surface area (TPSA) is 67.1 Å². The number of carbonyl (C=O) groups is 1. The summed E-state index contributed by atoms with van der Waals surface area (Å²) in [5.41, 5.74) is 8.13. The molecule has 1 aliphatic heterocycles. The predicted molar refractivity (Wildman–Crippen MR) is 61.1 cm³/mol. The van der Waals surface area contributed by atoms with Crippen LogP contribution in [0.1, 0.15) is 18.9 Å². The molecule has 4 nitrogen and oxygen atoms in total. The van der Waals surface area contributed by atoms with Crippen molar-refractivity contribution >= 4 is 17.4 Å². The third-order valence-electron chi connectivity index (χ3n) is 2.65. The van der Waals surface area contributed by atoms with E-state index in [1.807, 2.05) is 12.1 Å². The number of rotatable bonds is 1. The fourth-order valence-electron chi connectivity index (χ4n) is 1.91. The van der Waals surface area contributed by atoms with Crippen molar-refractivity contribution in [3.8, 4) is 0 Å². The Labute approximate surface area is 88.9 Å². The molecule has 0 aromatic heterocycles. The quantitative estimate of drug-likeness (QED) is 0.655. The van der Waals surface area contributed by atoms with Crippen LogP contribution in [0.15, 0.2) is 18.2 Å². The number of anilines is 2. The van der Waals surface area contributed by atoms with Crippen LogP contribution in [0.2, 0.25) is 0 Å². The van der Waals surface area contributed by atoms with Crippen molar-refractivity contribution < 1.29 is 4.79 Å². The molecule has 1 aliphatic rings. The van der Waals surface area contributed by atoms with Crippen molar-refractivity contribution in [1.82, 2.24) is 0 Å². The van der Waals surface area contributed by atoms with Gasteiger partial charge in [-0.3, -0.25) is 0 Å². The third-order valence-corrected chi connectivity index (χ3v) is 2.65. The maximum absolute atomic E-state index is 10.8. The van der Waals surface area contributed by atoms with Gasteiger partial charge in [0.1, 0.15) is 0 Å². The Bertz CT molecular complexity index is 389. The number of para-hydroxylation sites is 1. The highest BCUT2D eigenvalue weighted by atomic mass is 16.2. The van der Waals surface area contributed by atoms with Crippen molar-refractivity contribution in [2.24, 2.45) is 5.73 Å². The third kappa shape index (κ3) is 2.03. The molecule has 4 N–H and O–H groups in total. The molecular formula is C11H15N3O. The van der Waals surface area contributed by atoms with Gasteiger partial charge in [-0.15, -0.1) is 0 Å². The van der Waals surface area contributed by atoms with E-state index in [1.165, 1.54) is 5.56 Å². The van der Waals surface area contributed by atoms with Crippen LogP contribution in [0, 0.1) is 0 Å². The van der Waals surface area contributed by atoms with Crippen LogP contribution in [0.4, 0.5) is 16.2 Å². The van der Waals surface area contributed by atoms with E-state index in [1.54, 1.807) is 0 Å². The standard InChI is InChI=1S/C11H15N3O/c1-7-5-6-8-3-2-4-9(10(8)13-7)14-11(12)15/h2-4,7,13H,5-6H2,1H3,(H3,12,14,15). The second-order valence-electron chi connectivity index (χ2n) is 3.91. The Morgan fingerprint density at radius 2 is 2.40 bits per heavy atom. The number of nitrogens with two attached hydrogens (primary N) is 1. The van der Waals surface area contributed by atoms with Crippen molar-refractivity contribution in [3.05, 3.63) is 23.8 Å². The minimum Gasteiger partial charge on any atom is -0.381 e. The molecule has 0 radical (unpaired) electrons. The first-order valence-corrected chi connectivity index (χ1v) is 5.11. The summed E-state index contributed by atoms with van der Waals surface area (Å²) < 4.78 is 0. The van der Waals surface area contributed by atoms with E-state index in [0.717, 1.165) is 24.2 Å². The number of hydrogen-bond acceptors (Lipinski definition) is 2. The monoisotopic (exact) mass is 205 g/mol. The van der Waals surface area contributed by atoms with Crippen LogP contribution in [-0.2, 0) is 6.42 Å². The smallest absolute Gasteiger partial charge is 0.316 e.